The first-order valence-electron chi connectivity index (χ1n) is 12.1. The Kier molecular flexibility index (Phi) is 5.80. The van der Waals surface area contributed by atoms with Crippen LogP contribution in [0.15, 0.2) is 76.5 Å². The quantitative estimate of drug-likeness (QED) is 0.440. The minimum absolute atomic E-state index is 0.0803. The number of fused-ring (bicyclic) bond motifs is 1. The van der Waals surface area contributed by atoms with E-state index >= 15 is 0 Å². The maximum Gasteiger partial charge on any atom is 0.295 e. The number of hydrogen-bond acceptors (Lipinski definition) is 6. The fourth-order valence-corrected chi connectivity index (χ4v) is 5.67. The van der Waals surface area contributed by atoms with Gasteiger partial charge < -0.3 is 14.0 Å². The van der Waals surface area contributed by atoms with E-state index in [2.05, 4.69) is 5.16 Å². The van der Waals surface area contributed by atoms with Gasteiger partial charge in [0.15, 0.2) is 17.4 Å². The number of hydrogen-bond donors (Lipinski definition) is 0. The van der Waals surface area contributed by atoms with Crippen LogP contribution in [-0.2, 0) is 20.9 Å². The minimum atomic E-state index is -0.707. The molecule has 1 fully saturated rings. The molecular weight excluding hydrogens is 480 g/mol. The van der Waals surface area contributed by atoms with E-state index in [-0.39, 0.29) is 28.9 Å². The number of nitrogens with zero attached hydrogens (tertiary/aromatic N) is 2. The number of ketones is 1. The van der Waals surface area contributed by atoms with Crippen LogP contribution < -0.4 is 9.64 Å². The molecule has 8 heteroatoms. The summed E-state index contributed by atoms with van der Waals surface area (Å²) in [5.74, 6) is 0.799. The Balaban J connectivity index is 1.39. The Morgan fingerprint density at radius 2 is 1.92 bits per heavy atom. The third-order valence-electron chi connectivity index (χ3n) is 7.07. The van der Waals surface area contributed by atoms with Gasteiger partial charge in [0.25, 0.3) is 5.91 Å². The fourth-order valence-electron chi connectivity index (χ4n) is 5.35. The van der Waals surface area contributed by atoms with Gasteiger partial charge in [0.2, 0.25) is 0 Å². The van der Waals surface area contributed by atoms with Gasteiger partial charge in [0.05, 0.1) is 17.5 Å². The summed E-state index contributed by atoms with van der Waals surface area (Å²) in [5, 5.41) is 4.01. The Morgan fingerprint density at radius 3 is 2.69 bits per heavy atom. The molecule has 4 atom stereocenters. The van der Waals surface area contributed by atoms with Gasteiger partial charge in [-0.25, -0.2) is 0 Å². The summed E-state index contributed by atoms with van der Waals surface area (Å²) >= 11 is 6.42. The molecule has 7 nitrogen and oxygen atoms in total. The molecule has 1 amide bonds. The van der Waals surface area contributed by atoms with E-state index in [1.807, 2.05) is 54.6 Å². The number of halogens is 1. The van der Waals surface area contributed by atoms with Crippen molar-refractivity contribution in [3.8, 4) is 5.75 Å². The summed E-state index contributed by atoms with van der Waals surface area (Å²) in [6.07, 6.45) is 1.59. The average molecular weight is 505 g/mol. The fraction of sp³-hybridized carbons (Fsp3) is 0.321. The lowest BCUT2D eigenvalue weighted by Crippen LogP contribution is -2.41. The van der Waals surface area contributed by atoms with Gasteiger partial charge in [-0.2, -0.15) is 0 Å². The number of amides is 1. The van der Waals surface area contributed by atoms with Crippen LogP contribution in [-0.4, -0.2) is 28.3 Å². The second kappa shape index (κ2) is 9.13. The molecule has 36 heavy (non-hydrogen) atoms. The molecule has 0 radical (unpaired) electrons. The molecule has 6 rings (SSSR count). The molecule has 0 spiro atoms. The summed E-state index contributed by atoms with van der Waals surface area (Å²) in [6.45, 7) is 2.16. The first-order valence-corrected chi connectivity index (χ1v) is 12.6. The van der Waals surface area contributed by atoms with Crippen molar-refractivity contribution in [2.45, 2.75) is 50.3 Å². The number of alkyl halides is 1. The number of carbonyl (C=O) groups excluding carboxylic acids is 2. The largest absolute Gasteiger partial charge is 0.489 e. The van der Waals surface area contributed by atoms with Gasteiger partial charge in [0, 0.05) is 11.4 Å². The predicted octanol–water partition coefficient (Wildman–Crippen LogP) is 5.28. The van der Waals surface area contributed by atoms with Crippen molar-refractivity contribution in [1.82, 2.24) is 5.16 Å². The highest BCUT2D eigenvalue weighted by molar-refractivity contribution is 6.21. The highest BCUT2D eigenvalue weighted by Gasteiger charge is 2.53. The second-order valence-electron chi connectivity index (χ2n) is 9.50. The Labute approximate surface area is 213 Å². The molecule has 3 heterocycles. The van der Waals surface area contributed by atoms with E-state index in [0.717, 1.165) is 17.5 Å². The van der Waals surface area contributed by atoms with Gasteiger partial charge in [-0.1, -0.05) is 47.6 Å². The number of Topliss-reactive ketones (excluding diaryl/α,β-unsaturated/α-hetero) is 1. The van der Waals surface area contributed by atoms with Crippen LogP contribution in [0.2, 0.25) is 0 Å². The highest BCUT2D eigenvalue weighted by Crippen LogP contribution is 2.48. The summed E-state index contributed by atoms with van der Waals surface area (Å²) in [4.78, 5) is 29.0. The predicted molar refractivity (Wildman–Crippen MR) is 133 cm³/mol. The minimum Gasteiger partial charge on any atom is -0.489 e. The van der Waals surface area contributed by atoms with E-state index in [0.29, 0.717) is 42.3 Å². The maximum atomic E-state index is 13.8. The number of aromatic nitrogens is 1. The number of ether oxygens (including phenoxy) is 2. The molecule has 0 saturated heterocycles. The van der Waals surface area contributed by atoms with E-state index in [9.17, 15) is 9.59 Å². The number of aryl methyl sites for hydroxylation is 1. The molecule has 3 aliphatic rings. The van der Waals surface area contributed by atoms with E-state index < -0.39 is 11.9 Å². The van der Waals surface area contributed by atoms with Gasteiger partial charge in [0.1, 0.15) is 24.2 Å². The zero-order valence-electron chi connectivity index (χ0n) is 19.7. The molecule has 1 aromatic heterocycles. The molecular formula is C28H25ClN2O5. The van der Waals surface area contributed by atoms with Crippen molar-refractivity contribution in [2.75, 3.05) is 4.90 Å². The van der Waals surface area contributed by atoms with Crippen LogP contribution in [0, 0.1) is 12.8 Å². The van der Waals surface area contributed by atoms with Crippen molar-refractivity contribution < 1.29 is 23.6 Å². The third kappa shape index (κ3) is 3.97. The Bertz CT molecular complexity index is 1350. The highest BCUT2D eigenvalue weighted by atomic mass is 35.5. The van der Waals surface area contributed by atoms with Crippen LogP contribution in [0.5, 0.6) is 5.75 Å². The summed E-state index contributed by atoms with van der Waals surface area (Å²) in [6, 6.07) is 18.3. The molecule has 4 unspecified atom stereocenters. The monoisotopic (exact) mass is 504 g/mol. The lowest BCUT2D eigenvalue weighted by Gasteiger charge is -2.37. The Morgan fingerprint density at radius 1 is 1.08 bits per heavy atom. The molecule has 184 valence electrons. The molecule has 1 aliphatic carbocycles. The lowest BCUT2D eigenvalue weighted by molar-refractivity contribution is -0.131. The summed E-state index contributed by atoms with van der Waals surface area (Å²) in [7, 11) is 0. The second-order valence-corrected chi connectivity index (χ2v) is 10.1. The van der Waals surface area contributed by atoms with Crippen LogP contribution in [0.25, 0.3) is 0 Å². The maximum absolute atomic E-state index is 13.8. The molecule has 2 aliphatic heterocycles. The Hall–Kier alpha value is -3.58. The molecule has 1 saturated carbocycles. The van der Waals surface area contributed by atoms with Crippen LogP contribution in [0.4, 0.5) is 5.82 Å². The number of benzene rings is 2. The average Bonchev–Trinajstić information content (AvgIpc) is 3.45. The first kappa shape index (κ1) is 22.9. The van der Waals surface area contributed by atoms with Crippen molar-refractivity contribution in [3.63, 3.8) is 0 Å². The topological polar surface area (TPSA) is 81.9 Å². The molecule has 2 aromatic carbocycles. The van der Waals surface area contributed by atoms with Gasteiger partial charge in [-0.3, -0.25) is 14.5 Å². The number of anilines is 1. The van der Waals surface area contributed by atoms with Gasteiger partial charge >= 0.3 is 0 Å². The zero-order valence-corrected chi connectivity index (χ0v) is 20.5. The van der Waals surface area contributed by atoms with Crippen molar-refractivity contribution >= 4 is 29.1 Å². The zero-order chi connectivity index (χ0) is 24.8. The number of carbonyl (C=O) groups is 2. The molecule has 0 bridgehead atoms. The first-order chi connectivity index (χ1) is 17.5. The van der Waals surface area contributed by atoms with Crippen molar-refractivity contribution in [1.29, 1.82) is 0 Å². The SMILES string of the molecule is Cc1cc(N2C(=O)C3=C(C(=O)C4CC(Cl)CCC4O3)C2c2cccc(OCc3ccccc3)c2)no1. The standard InChI is InChI=1S/C28H25ClN2O5/c1-16-12-23(30-36-16)31-25(18-8-5-9-20(13-18)34-15-17-6-3-2-4-7-17)24-26(32)21-14-19(29)10-11-22(21)35-27(24)28(31)33/h2-9,12-13,19,21-22,25H,10-11,14-15H2,1H3. The van der Waals surface area contributed by atoms with Gasteiger partial charge in [-0.05, 0) is 49.4 Å². The smallest absolute Gasteiger partial charge is 0.295 e. The van der Waals surface area contributed by atoms with E-state index in [4.69, 9.17) is 25.6 Å². The van der Waals surface area contributed by atoms with Crippen LogP contribution in [0.3, 0.4) is 0 Å². The summed E-state index contributed by atoms with van der Waals surface area (Å²) in [5.41, 5.74) is 2.12. The molecule has 3 aromatic rings. The van der Waals surface area contributed by atoms with Crippen molar-refractivity contribution in [2.24, 2.45) is 5.92 Å². The van der Waals surface area contributed by atoms with E-state index in [1.54, 1.807) is 13.0 Å². The number of rotatable bonds is 5. The van der Waals surface area contributed by atoms with Crippen LogP contribution in [0.1, 0.15) is 42.2 Å². The van der Waals surface area contributed by atoms with Gasteiger partial charge in [-0.15, -0.1) is 11.6 Å². The third-order valence-corrected chi connectivity index (χ3v) is 7.46. The normalized spacial score (nSPS) is 25.4. The summed E-state index contributed by atoms with van der Waals surface area (Å²) < 4.78 is 17.5. The van der Waals surface area contributed by atoms with Crippen molar-refractivity contribution in [3.05, 3.63) is 88.9 Å². The van der Waals surface area contributed by atoms with E-state index in [1.165, 1.54) is 4.90 Å². The van der Waals surface area contributed by atoms with Crippen LogP contribution >= 0.6 is 11.6 Å². The lowest BCUT2D eigenvalue weighted by atomic mass is 9.77. The molecule has 0 N–H and O–H groups in total.